The second-order valence-corrected chi connectivity index (χ2v) is 6.49. The number of para-hydroxylation sites is 1. The highest BCUT2D eigenvalue weighted by molar-refractivity contribution is 5.84. The summed E-state index contributed by atoms with van der Waals surface area (Å²) >= 11 is 0. The number of H-pyrrole nitrogens is 1. The fraction of sp³-hybridized carbons (Fsp3) is 0.318. The molecule has 4 heteroatoms. The highest BCUT2D eigenvalue weighted by Crippen LogP contribution is 2.25. The van der Waals surface area contributed by atoms with E-state index < -0.39 is 0 Å². The molecule has 1 unspecified atom stereocenters. The van der Waals surface area contributed by atoms with Gasteiger partial charge in [0.15, 0.2) is 0 Å². The van der Waals surface area contributed by atoms with Crippen LogP contribution in [0.5, 0.6) is 5.75 Å². The van der Waals surface area contributed by atoms with Gasteiger partial charge in [-0.3, -0.25) is 4.79 Å². The molecule has 0 bridgehead atoms. The van der Waals surface area contributed by atoms with Crippen molar-refractivity contribution < 1.29 is 9.53 Å². The Morgan fingerprint density at radius 1 is 1.19 bits per heavy atom. The van der Waals surface area contributed by atoms with E-state index in [0.29, 0.717) is 13.0 Å². The van der Waals surface area contributed by atoms with Crippen LogP contribution >= 0.6 is 0 Å². The number of aromatic amines is 1. The van der Waals surface area contributed by atoms with Gasteiger partial charge in [0, 0.05) is 30.1 Å². The molecule has 0 fully saturated rings. The van der Waals surface area contributed by atoms with E-state index in [1.165, 1.54) is 10.9 Å². The number of amides is 1. The van der Waals surface area contributed by atoms with Gasteiger partial charge in [0.2, 0.25) is 5.91 Å². The van der Waals surface area contributed by atoms with Crippen molar-refractivity contribution in [2.24, 2.45) is 0 Å². The average Bonchev–Trinajstić information content (AvgIpc) is 3.10. The largest absolute Gasteiger partial charge is 0.497 e. The van der Waals surface area contributed by atoms with Crippen molar-refractivity contribution in [3.63, 3.8) is 0 Å². The minimum atomic E-state index is 0.0190. The monoisotopic (exact) mass is 350 g/mol. The fourth-order valence-corrected chi connectivity index (χ4v) is 3.47. The number of ether oxygens (including phenoxy) is 1. The van der Waals surface area contributed by atoms with Gasteiger partial charge >= 0.3 is 0 Å². The van der Waals surface area contributed by atoms with Gasteiger partial charge in [-0.15, -0.1) is 0 Å². The molecule has 1 atom stereocenters. The number of hydrogen-bond acceptors (Lipinski definition) is 2. The third-order valence-corrected chi connectivity index (χ3v) is 4.99. The highest BCUT2D eigenvalue weighted by atomic mass is 16.5. The lowest BCUT2D eigenvalue weighted by Crippen LogP contribution is -2.33. The molecule has 0 aliphatic heterocycles. The minimum absolute atomic E-state index is 0.0190. The lowest BCUT2D eigenvalue weighted by Gasteiger charge is -2.28. The Balaban J connectivity index is 1.70. The molecule has 0 spiro atoms. The highest BCUT2D eigenvalue weighted by Gasteiger charge is 2.20. The number of benzene rings is 2. The summed E-state index contributed by atoms with van der Waals surface area (Å²) < 4.78 is 5.31. The number of rotatable bonds is 7. The Kier molecular flexibility index (Phi) is 5.61. The van der Waals surface area contributed by atoms with Crippen molar-refractivity contribution in [2.75, 3.05) is 13.7 Å². The number of aromatic nitrogens is 1. The van der Waals surface area contributed by atoms with Gasteiger partial charge in [-0.05, 0) is 49.6 Å². The van der Waals surface area contributed by atoms with E-state index in [1.807, 2.05) is 54.4 Å². The van der Waals surface area contributed by atoms with Crippen molar-refractivity contribution in [2.45, 2.75) is 32.7 Å². The number of nitrogens with one attached hydrogen (secondary N) is 1. The van der Waals surface area contributed by atoms with Gasteiger partial charge in [0.05, 0.1) is 13.2 Å². The van der Waals surface area contributed by atoms with E-state index in [0.717, 1.165) is 23.3 Å². The van der Waals surface area contributed by atoms with E-state index in [1.54, 1.807) is 7.11 Å². The number of carbonyl (C=O) groups excluding carboxylic acids is 1. The first-order valence-corrected chi connectivity index (χ1v) is 9.12. The number of hydrogen-bond donors (Lipinski definition) is 1. The smallest absolute Gasteiger partial charge is 0.223 e. The summed E-state index contributed by atoms with van der Waals surface area (Å²) in [5.74, 6) is 0.991. The van der Waals surface area contributed by atoms with Crippen LogP contribution in [-0.4, -0.2) is 29.4 Å². The van der Waals surface area contributed by atoms with Crippen LogP contribution in [0, 0.1) is 0 Å². The van der Waals surface area contributed by atoms with E-state index in [9.17, 15) is 4.79 Å². The number of aryl methyl sites for hydroxylation is 1. The number of nitrogens with zero attached hydrogens (tertiary/aromatic N) is 1. The molecule has 3 rings (SSSR count). The van der Waals surface area contributed by atoms with E-state index in [2.05, 4.69) is 24.0 Å². The summed E-state index contributed by atoms with van der Waals surface area (Å²) in [6, 6.07) is 16.2. The summed E-state index contributed by atoms with van der Waals surface area (Å²) in [6.07, 6.45) is 3.26. The Bertz CT molecular complexity index is 884. The number of fused-ring (bicyclic) bond motifs is 1. The van der Waals surface area contributed by atoms with Crippen LogP contribution in [0.25, 0.3) is 10.9 Å². The lowest BCUT2D eigenvalue weighted by atomic mass is 10.0. The molecule has 0 aliphatic rings. The Labute approximate surface area is 154 Å². The summed E-state index contributed by atoms with van der Waals surface area (Å²) in [5.41, 5.74) is 3.40. The topological polar surface area (TPSA) is 45.3 Å². The molecular formula is C22H26N2O2. The summed E-state index contributed by atoms with van der Waals surface area (Å²) in [7, 11) is 1.66. The third kappa shape index (κ3) is 3.74. The summed E-state index contributed by atoms with van der Waals surface area (Å²) in [4.78, 5) is 18.1. The van der Waals surface area contributed by atoms with Crippen LogP contribution in [0.2, 0.25) is 0 Å². The maximum Gasteiger partial charge on any atom is 0.223 e. The zero-order chi connectivity index (χ0) is 18.5. The molecular weight excluding hydrogens is 324 g/mol. The van der Waals surface area contributed by atoms with E-state index in [4.69, 9.17) is 4.74 Å². The first-order chi connectivity index (χ1) is 12.6. The number of methoxy groups -OCH3 is 1. The molecule has 1 aromatic heterocycles. The Morgan fingerprint density at radius 2 is 2.00 bits per heavy atom. The maximum atomic E-state index is 12.9. The van der Waals surface area contributed by atoms with Crippen LogP contribution in [0.1, 0.15) is 37.4 Å². The van der Waals surface area contributed by atoms with E-state index in [-0.39, 0.29) is 11.9 Å². The van der Waals surface area contributed by atoms with Gasteiger partial charge < -0.3 is 14.6 Å². The molecule has 1 amide bonds. The molecule has 0 aliphatic carbocycles. The quantitative estimate of drug-likeness (QED) is 0.670. The van der Waals surface area contributed by atoms with Crippen LogP contribution in [-0.2, 0) is 11.2 Å². The molecule has 1 heterocycles. The second kappa shape index (κ2) is 8.09. The van der Waals surface area contributed by atoms with Crippen molar-refractivity contribution in [1.82, 2.24) is 9.88 Å². The van der Waals surface area contributed by atoms with Gasteiger partial charge in [0.1, 0.15) is 5.75 Å². The maximum absolute atomic E-state index is 12.9. The molecule has 136 valence electrons. The predicted molar refractivity (Wildman–Crippen MR) is 105 cm³/mol. The predicted octanol–water partition coefficient (Wildman–Crippen LogP) is 4.72. The normalized spacial score (nSPS) is 12.1. The van der Waals surface area contributed by atoms with Crippen molar-refractivity contribution in [3.05, 3.63) is 65.9 Å². The van der Waals surface area contributed by atoms with E-state index >= 15 is 0 Å². The summed E-state index contributed by atoms with van der Waals surface area (Å²) in [5, 5.41) is 1.20. The van der Waals surface area contributed by atoms with Crippen molar-refractivity contribution in [3.8, 4) is 5.75 Å². The zero-order valence-electron chi connectivity index (χ0n) is 15.7. The van der Waals surface area contributed by atoms with Crippen LogP contribution < -0.4 is 4.74 Å². The average molecular weight is 350 g/mol. The molecule has 3 aromatic rings. The molecule has 0 saturated heterocycles. The molecule has 1 N–H and O–H groups in total. The van der Waals surface area contributed by atoms with Gasteiger partial charge in [0.25, 0.3) is 0 Å². The van der Waals surface area contributed by atoms with Crippen LogP contribution in [0.3, 0.4) is 0 Å². The summed E-state index contributed by atoms with van der Waals surface area (Å²) in [6.45, 7) is 4.78. The Morgan fingerprint density at radius 3 is 2.77 bits per heavy atom. The van der Waals surface area contributed by atoms with Crippen molar-refractivity contribution >= 4 is 16.8 Å². The van der Waals surface area contributed by atoms with Gasteiger partial charge in [-0.1, -0.05) is 30.3 Å². The first-order valence-electron chi connectivity index (χ1n) is 9.12. The minimum Gasteiger partial charge on any atom is -0.497 e. The zero-order valence-corrected chi connectivity index (χ0v) is 15.7. The standard InChI is InChI=1S/C22H26N2O2/c1-4-24(16(2)17-8-7-9-19(14-17)26-3)22(25)13-12-18-15-23-21-11-6-5-10-20(18)21/h5-11,14-16,23H,4,12-13H2,1-3H3. The second-order valence-electron chi connectivity index (χ2n) is 6.49. The molecule has 0 radical (unpaired) electrons. The Hall–Kier alpha value is -2.75. The van der Waals surface area contributed by atoms with Crippen LogP contribution in [0.15, 0.2) is 54.7 Å². The van der Waals surface area contributed by atoms with Crippen LogP contribution in [0.4, 0.5) is 0 Å². The molecule has 2 aromatic carbocycles. The third-order valence-electron chi connectivity index (χ3n) is 4.99. The SMILES string of the molecule is CCN(C(=O)CCc1c[nH]c2ccccc12)C(C)c1cccc(OC)c1. The number of carbonyl (C=O) groups is 1. The van der Waals surface area contributed by atoms with Gasteiger partial charge in [-0.2, -0.15) is 0 Å². The molecule has 4 nitrogen and oxygen atoms in total. The molecule has 0 saturated carbocycles. The van der Waals surface area contributed by atoms with Crippen molar-refractivity contribution in [1.29, 1.82) is 0 Å². The molecule has 26 heavy (non-hydrogen) atoms. The fourth-order valence-electron chi connectivity index (χ4n) is 3.47. The first kappa shape index (κ1) is 18.1. The van der Waals surface area contributed by atoms with Gasteiger partial charge in [-0.25, -0.2) is 0 Å². The lowest BCUT2D eigenvalue weighted by molar-refractivity contribution is -0.133.